The Morgan fingerprint density at radius 1 is 0.923 bits per heavy atom. The highest BCUT2D eigenvalue weighted by Crippen LogP contribution is 2.39. The van der Waals surface area contributed by atoms with E-state index in [9.17, 15) is 14.4 Å². The molecular weight excluding hydrogens is 660 g/mol. The molecule has 1 saturated heterocycles. The molecule has 3 aromatic rings. The van der Waals surface area contributed by atoms with E-state index in [-0.39, 0.29) is 42.6 Å². The van der Waals surface area contributed by atoms with Gasteiger partial charge < -0.3 is 34.8 Å². The van der Waals surface area contributed by atoms with Crippen molar-refractivity contribution in [1.29, 1.82) is 0 Å². The van der Waals surface area contributed by atoms with Crippen LogP contribution in [0.5, 0.6) is 5.75 Å². The summed E-state index contributed by atoms with van der Waals surface area (Å²) >= 11 is 0. The number of carbonyl (C=O) groups excluding carboxylic acids is 3. The number of amides is 3. The number of fused-ring (bicyclic) bond motifs is 1. The minimum absolute atomic E-state index is 0.0428. The van der Waals surface area contributed by atoms with Crippen molar-refractivity contribution in [2.45, 2.75) is 89.1 Å². The SMILES string of the molecule is COc1cc(C(=O)NC2CCC(N3CCN(C(=O)OCc4ccccc4)CC3)CC2)ccc1Nc1ncc2c(n1)N(C1CCCC1)[C@H](C)C(=O)N2C. The normalized spacial score (nSPS) is 22.6. The molecule has 2 N–H and O–H groups in total. The van der Waals surface area contributed by atoms with E-state index in [0.717, 1.165) is 75.8 Å². The van der Waals surface area contributed by atoms with Crippen LogP contribution in [0.2, 0.25) is 0 Å². The molecule has 7 rings (SSSR count). The third-order valence-electron chi connectivity index (χ3n) is 11.2. The average molecular weight is 711 g/mol. The van der Waals surface area contributed by atoms with Crippen molar-refractivity contribution in [2.75, 3.05) is 55.5 Å². The summed E-state index contributed by atoms with van der Waals surface area (Å²) in [6, 6.07) is 15.6. The van der Waals surface area contributed by atoms with E-state index < -0.39 is 0 Å². The van der Waals surface area contributed by atoms with Crippen LogP contribution in [0.25, 0.3) is 0 Å². The first-order valence-corrected chi connectivity index (χ1v) is 18.7. The molecule has 2 aliphatic heterocycles. The number of rotatable bonds is 9. The molecule has 0 unspecified atom stereocenters. The summed E-state index contributed by atoms with van der Waals surface area (Å²) in [7, 11) is 3.35. The number of anilines is 4. The van der Waals surface area contributed by atoms with E-state index in [2.05, 4.69) is 25.4 Å². The van der Waals surface area contributed by atoms with Gasteiger partial charge >= 0.3 is 6.09 Å². The van der Waals surface area contributed by atoms with Crippen molar-refractivity contribution in [1.82, 2.24) is 25.1 Å². The summed E-state index contributed by atoms with van der Waals surface area (Å²) in [5, 5.41) is 6.53. The van der Waals surface area contributed by atoms with Crippen LogP contribution < -0.4 is 25.2 Å². The van der Waals surface area contributed by atoms with Gasteiger partial charge in [-0.05, 0) is 69.2 Å². The molecule has 13 nitrogen and oxygen atoms in total. The fourth-order valence-electron chi connectivity index (χ4n) is 8.22. The van der Waals surface area contributed by atoms with Gasteiger partial charge in [0.1, 0.15) is 24.1 Å². The largest absolute Gasteiger partial charge is 0.495 e. The maximum absolute atomic E-state index is 13.4. The lowest BCUT2D eigenvalue weighted by atomic mass is 9.89. The molecule has 1 aromatic heterocycles. The number of ether oxygens (including phenoxy) is 2. The number of aromatic nitrogens is 2. The Kier molecular flexibility index (Phi) is 10.8. The highest BCUT2D eigenvalue weighted by molar-refractivity contribution is 6.04. The molecule has 0 spiro atoms. The summed E-state index contributed by atoms with van der Waals surface area (Å²) in [4.78, 5) is 56.5. The minimum atomic E-state index is -0.301. The number of hydrogen-bond acceptors (Lipinski definition) is 10. The molecule has 4 aliphatic rings. The number of benzene rings is 2. The van der Waals surface area contributed by atoms with Gasteiger partial charge in [0.05, 0.1) is 19.0 Å². The number of nitrogens with zero attached hydrogens (tertiary/aromatic N) is 6. The number of hydrogen-bond donors (Lipinski definition) is 2. The Hall–Kier alpha value is -4.91. The number of likely N-dealkylation sites (N-methyl/N-ethyl adjacent to an activating group) is 1. The predicted molar refractivity (Wildman–Crippen MR) is 199 cm³/mol. The van der Waals surface area contributed by atoms with Crippen LogP contribution in [0.4, 0.5) is 27.9 Å². The second-order valence-corrected chi connectivity index (χ2v) is 14.4. The first-order valence-electron chi connectivity index (χ1n) is 18.7. The number of carbonyl (C=O) groups is 3. The molecule has 2 aromatic carbocycles. The van der Waals surface area contributed by atoms with Crippen LogP contribution in [-0.4, -0.2) is 102 Å². The van der Waals surface area contributed by atoms with Gasteiger partial charge in [-0.2, -0.15) is 4.98 Å². The summed E-state index contributed by atoms with van der Waals surface area (Å²) in [5.74, 6) is 1.57. The lowest BCUT2D eigenvalue weighted by molar-refractivity contribution is -0.119. The Morgan fingerprint density at radius 2 is 1.65 bits per heavy atom. The van der Waals surface area contributed by atoms with Gasteiger partial charge in [-0.25, -0.2) is 9.78 Å². The fraction of sp³-hybridized carbons (Fsp3) is 0.513. The third-order valence-corrected chi connectivity index (χ3v) is 11.2. The van der Waals surface area contributed by atoms with Crippen molar-refractivity contribution in [2.24, 2.45) is 0 Å². The van der Waals surface area contributed by atoms with Crippen LogP contribution in [0, 0.1) is 0 Å². The van der Waals surface area contributed by atoms with Crippen molar-refractivity contribution in [3.05, 3.63) is 65.9 Å². The zero-order valence-corrected chi connectivity index (χ0v) is 30.4. The molecule has 3 fully saturated rings. The number of piperazine rings is 1. The second-order valence-electron chi connectivity index (χ2n) is 14.4. The molecule has 13 heteroatoms. The van der Waals surface area contributed by atoms with Gasteiger partial charge in [0, 0.05) is 56.9 Å². The third kappa shape index (κ3) is 7.64. The maximum Gasteiger partial charge on any atom is 0.410 e. The zero-order chi connectivity index (χ0) is 36.2. The quantitative estimate of drug-likeness (QED) is 0.300. The topological polar surface area (TPSA) is 132 Å². The first-order chi connectivity index (χ1) is 25.3. The van der Waals surface area contributed by atoms with E-state index in [1.165, 1.54) is 0 Å². The van der Waals surface area contributed by atoms with Crippen LogP contribution in [0.1, 0.15) is 74.2 Å². The standard InChI is InChI=1S/C39H50N8O5/c1-26-37(49)44(2)33-24-40-38(43-35(33)47(26)31-11-7-8-12-31)42-32-18-13-28(23-34(32)51-3)36(48)41-29-14-16-30(17-15-29)45-19-21-46(22-20-45)39(50)52-25-27-9-5-4-6-10-27/h4-6,9-10,13,18,23-24,26,29-31H,7-8,11-12,14-17,19-22,25H2,1-3H3,(H,41,48)(H,40,42,43)/t26-,29?,30?/m1/s1. The van der Waals surface area contributed by atoms with Crippen molar-refractivity contribution >= 4 is 41.0 Å². The van der Waals surface area contributed by atoms with Crippen LogP contribution in [0.3, 0.4) is 0 Å². The first kappa shape index (κ1) is 35.5. The summed E-state index contributed by atoms with van der Waals surface area (Å²) in [6.07, 6.45) is 9.62. The molecule has 3 heterocycles. The fourth-order valence-corrected chi connectivity index (χ4v) is 8.22. The Labute approximate surface area is 305 Å². The van der Waals surface area contributed by atoms with Crippen LogP contribution in [0.15, 0.2) is 54.7 Å². The van der Waals surface area contributed by atoms with Crippen molar-refractivity contribution < 1.29 is 23.9 Å². The molecule has 52 heavy (non-hydrogen) atoms. The van der Waals surface area contributed by atoms with Gasteiger partial charge in [-0.1, -0.05) is 43.2 Å². The van der Waals surface area contributed by atoms with Gasteiger partial charge in [-0.3, -0.25) is 14.5 Å². The predicted octanol–water partition coefficient (Wildman–Crippen LogP) is 5.34. The Morgan fingerprint density at radius 3 is 2.37 bits per heavy atom. The van der Waals surface area contributed by atoms with Gasteiger partial charge in [0.25, 0.3) is 5.91 Å². The maximum atomic E-state index is 13.4. The lowest BCUT2D eigenvalue weighted by Crippen LogP contribution is -2.54. The van der Waals surface area contributed by atoms with Crippen molar-refractivity contribution in [3.63, 3.8) is 0 Å². The van der Waals surface area contributed by atoms with Crippen LogP contribution in [-0.2, 0) is 16.1 Å². The molecular formula is C39H50N8O5. The number of nitrogens with one attached hydrogen (secondary N) is 2. The monoisotopic (exact) mass is 710 g/mol. The smallest absolute Gasteiger partial charge is 0.410 e. The molecule has 2 aliphatic carbocycles. The minimum Gasteiger partial charge on any atom is -0.495 e. The Bertz CT molecular complexity index is 1740. The highest BCUT2D eigenvalue weighted by atomic mass is 16.6. The average Bonchev–Trinajstić information content (AvgIpc) is 3.72. The van der Waals surface area contributed by atoms with Gasteiger partial charge in [0.2, 0.25) is 11.9 Å². The van der Waals surface area contributed by atoms with E-state index in [4.69, 9.17) is 14.5 Å². The molecule has 3 amide bonds. The van der Waals surface area contributed by atoms with E-state index in [1.807, 2.05) is 43.3 Å². The molecule has 0 bridgehead atoms. The lowest BCUT2D eigenvalue weighted by Gasteiger charge is -2.42. The summed E-state index contributed by atoms with van der Waals surface area (Å²) in [6.45, 7) is 5.21. The van der Waals surface area contributed by atoms with Crippen LogP contribution >= 0.6 is 0 Å². The molecule has 276 valence electrons. The van der Waals surface area contributed by atoms with E-state index >= 15 is 0 Å². The van der Waals surface area contributed by atoms with Gasteiger partial charge in [-0.15, -0.1) is 0 Å². The molecule has 2 saturated carbocycles. The Balaban J connectivity index is 0.909. The highest BCUT2D eigenvalue weighted by Gasteiger charge is 2.40. The second kappa shape index (κ2) is 15.8. The summed E-state index contributed by atoms with van der Waals surface area (Å²) < 4.78 is 11.2. The van der Waals surface area contributed by atoms with E-state index in [1.54, 1.807) is 42.3 Å². The summed E-state index contributed by atoms with van der Waals surface area (Å²) in [5.41, 5.74) is 2.85. The van der Waals surface area contributed by atoms with Crippen molar-refractivity contribution in [3.8, 4) is 5.75 Å². The van der Waals surface area contributed by atoms with E-state index in [0.29, 0.717) is 47.8 Å². The molecule has 0 radical (unpaired) electrons. The number of methoxy groups -OCH3 is 1. The zero-order valence-electron chi connectivity index (χ0n) is 30.4. The van der Waals surface area contributed by atoms with Gasteiger partial charge in [0.15, 0.2) is 5.82 Å². The molecule has 1 atom stereocenters.